The standard InChI is InChI=1S/C4H4N8/c1-3-11(7-5-1)9-10-12-4-2-6-8-12/h1-4H/b10-9+. The van der Waals surface area contributed by atoms with E-state index in [1.807, 2.05) is 0 Å². The third-order valence-corrected chi connectivity index (χ3v) is 1.04. The largest absolute Gasteiger partial charge is 0.137 e. The van der Waals surface area contributed by atoms with Crippen molar-refractivity contribution in [2.45, 2.75) is 0 Å². The summed E-state index contributed by atoms with van der Waals surface area (Å²) in [5.74, 6) is 0. The maximum absolute atomic E-state index is 3.64. The Balaban J connectivity index is 2.14. The molecule has 2 aromatic rings. The van der Waals surface area contributed by atoms with Crippen LogP contribution in [0.4, 0.5) is 0 Å². The molecule has 8 nitrogen and oxygen atoms in total. The molecule has 0 N–H and O–H groups in total. The van der Waals surface area contributed by atoms with Crippen LogP contribution >= 0.6 is 0 Å². The second kappa shape index (κ2) is 2.86. The van der Waals surface area contributed by atoms with Crippen molar-refractivity contribution in [3.63, 3.8) is 0 Å². The van der Waals surface area contributed by atoms with Gasteiger partial charge in [0.05, 0.1) is 24.8 Å². The van der Waals surface area contributed by atoms with E-state index in [0.717, 1.165) is 0 Å². The maximum atomic E-state index is 3.64. The van der Waals surface area contributed by atoms with Crippen molar-refractivity contribution in [1.29, 1.82) is 0 Å². The molecule has 2 rings (SSSR count). The summed E-state index contributed by atoms with van der Waals surface area (Å²) < 4.78 is 0. The molecule has 0 unspecified atom stereocenters. The fourth-order valence-electron chi connectivity index (χ4n) is 0.581. The Morgan fingerprint density at radius 3 is 1.67 bits per heavy atom. The van der Waals surface area contributed by atoms with E-state index >= 15 is 0 Å². The van der Waals surface area contributed by atoms with E-state index in [2.05, 4.69) is 31.1 Å². The van der Waals surface area contributed by atoms with Gasteiger partial charge in [-0.2, -0.15) is 0 Å². The van der Waals surface area contributed by atoms with E-state index in [9.17, 15) is 0 Å². The summed E-state index contributed by atoms with van der Waals surface area (Å²) in [5, 5.41) is 21.5. The maximum Gasteiger partial charge on any atom is 0.0733 e. The van der Waals surface area contributed by atoms with Crippen LogP contribution < -0.4 is 0 Å². The summed E-state index contributed by atoms with van der Waals surface area (Å²) in [4.78, 5) is 2.42. The first kappa shape index (κ1) is 6.58. The number of nitrogens with zero attached hydrogens (tertiary/aromatic N) is 8. The van der Waals surface area contributed by atoms with Crippen molar-refractivity contribution in [1.82, 2.24) is 30.2 Å². The van der Waals surface area contributed by atoms with Gasteiger partial charge >= 0.3 is 0 Å². The van der Waals surface area contributed by atoms with Crippen LogP contribution in [0.2, 0.25) is 0 Å². The second-order valence-electron chi connectivity index (χ2n) is 1.83. The highest BCUT2D eigenvalue weighted by Crippen LogP contribution is 1.83. The number of hydrogen-bond acceptors (Lipinski definition) is 6. The van der Waals surface area contributed by atoms with Gasteiger partial charge in [-0.25, -0.2) is 0 Å². The molecule has 0 spiro atoms. The van der Waals surface area contributed by atoms with Gasteiger partial charge in [-0.05, 0) is 20.9 Å². The zero-order valence-corrected chi connectivity index (χ0v) is 5.89. The third kappa shape index (κ3) is 1.31. The van der Waals surface area contributed by atoms with E-state index in [-0.39, 0.29) is 0 Å². The predicted molar refractivity (Wildman–Crippen MR) is 35.7 cm³/mol. The van der Waals surface area contributed by atoms with Crippen LogP contribution in [0.5, 0.6) is 0 Å². The van der Waals surface area contributed by atoms with Gasteiger partial charge < -0.3 is 0 Å². The Bertz CT molecular complexity index is 308. The van der Waals surface area contributed by atoms with Gasteiger partial charge in [-0.15, -0.1) is 19.8 Å². The van der Waals surface area contributed by atoms with Gasteiger partial charge in [-0.1, -0.05) is 0 Å². The Hall–Kier alpha value is -2.12. The van der Waals surface area contributed by atoms with Gasteiger partial charge in [0.2, 0.25) is 0 Å². The minimum Gasteiger partial charge on any atom is -0.137 e. The minimum atomic E-state index is 1.21. The Morgan fingerprint density at radius 2 is 1.33 bits per heavy atom. The van der Waals surface area contributed by atoms with Crippen molar-refractivity contribution >= 4 is 0 Å². The number of rotatable bonds is 2. The van der Waals surface area contributed by atoms with Crippen LogP contribution in [0.3, 0.4) is 0 Å². The van der Waals surface area contributed by atoms with Crippen LogP contribution in [-0.4, -0.2) is 30.2 Å². The highest BCUT2D eigenvalue weighted by Gasteiger charge is 1.86. The summed E-state index contributed by atoms with van der Waals surface area (Å²) >= 11 is 0. The Morgan fingerprint density at radius 1 is 0.833 bits per heavy atom. The van der Waals surface area contributed by atoms with Crippen LogP contribution in [0.1, 0.15) is 0 Å². The molecule has 0 saturated carbocycles. The fourth-order valence-corrected chi connectivity index (χ4v) is 0.581. The molecule has 0 fully saturated rings. The molecule has 60 valence electrons. The summed E-state index contributed by atoms with van der Waals surface area (Å²) in [7, 11) is 0. The lowest BCUT2D eigenvalue weighted by molar-refractivity contribution is 0.562. The summed E-state index contributed by atoms with van der Waals surface area (Å²) in [5.41, 5.74) is 0. The SMILES string of the molecule is c1cn(/N=N/n2ccnn2)nn1. The topological polar surface area (TPSA) is 86.1 Å². The molecular weight excluding hydrogens is 160 g/mol. The zero-order valence-electron chi connectivity index (χ0n) is 5.89. The molecule has 0 radical (unpaired) electrons. The average Bonchev–Trinajstić information content (AvgIpc) is 2.74. The molecule has 0 bridgehead atoms. The van der Waals surface area contributed by atoms with Crippen LogP contribution in [-0.2, 0) is 0 Å². The van der Waals surface area contributed by atoms with Crippen LogP contribution in [0.15, 0.2) is 35.2 Å². The molecule has 0 atom stereocenters. The van der Waals surface area contributed by atoms with Gasteiger partial charge in [-0.3, -0.25) is 0 Å². The number of hydrogen-bond donors (Lipinski definition) is 0. The highest BCUT2D eigenvalue weighted by molar-refractivity contribution is 4.63. The van der Waals surface area contributed by atoms with E-state index in [0.29, 0.717) is 0 Å². The Kier molecular flexibility index (Phi) is 1.57. The quantitative estimate of drug-likeness (QED) is 0.562. The lowest BCUT2D eigenvalue weighted by atomic mass is 11.0. The average molecular weight is 164 g/mol. The molecule has 12 heavy (non-hydrogen) atoms. The third-order valence-electron chi connectivity index (χ3n) is 1.04. The molecule has 0 aliphatic carbocycles. The van der Waals surface area contributed by atoms with E-state index in [4.69, 9.17) is 0 Å². The van der Waals surface area contributed by atoms with Gasteiger partial charge in [0.25, 0.3) is 0 Å². The van der Waals surface area contributed by atoms with Crippen LogP contribution in [0.25, 0.3) is 0 Å². The normalized spacial score (nSPS) is 11.0. The molecular formula is C4H4N8. The van der Waals surface area contributed by atoms with Crippen LogP contribution in [0, 0.1) is 0 Å². The molecule has 2 aromatic heterocycles. The summed E-state index contributed by atoms with van der Waals surface area (Å²) in [6, 6.07) is 0. The molecule has 2 heterocycles. The fraction of sp³-hybridized carbons (Fsp3) is 0. The summed E-state index contributed by atoms with van der Waals surface area (Å²) in [6.07, 6.45) is 6.11. The first-order chi connectivity index (χ1) is 5.95. The monoisotopic (exact) mass is 164 g/mol. The Labute approximate surface area is 66.5 Å². The first-order valence-corrected chi connectivity index (χ1v) is 3.10. The van der Waals surface area contributed by atoms with Crippen molar-refractivity contribution in [2.24, 2.45) is 10.4 Å². The van der Waals surface area contributed by atoms with Crippen molar-refractivity contribution in [2.75, 3.05) is 0 Å². The van der Waals surface area contributed by atoms with Gasteiger partial charge in [0.15, 0.2) is 0 Å². The molecule has 0 saturated heterocycles. The molecule has 0 amide bonds. The van der Waals surface area contributed by atoms with Crippen molar-refractivity contribution < 1.29 is 0 Å². The first-order valence-electron chi connectivity index (χ1n) is 3.10. The second-order valence-corrected chi connectivity index (χ2v) is 1.83. The molecule has 8 heteroatoms. The minimum absolute atomic E-state index is 1.21. The highest BCUT2D eigenvalue weighted by atomic mass is 15.7. The van der Waals surface area contributed by atoms with E-state index < -0.39 is 0 Å². The van der Waals surface area contributed by atoms with Gasteiger partial charge in [0, 0.05) is 0 Å². The molecule has 0 aliphatic heterocycles. The lowest BCUT2D eigenvalue weighted by Gasteiger charge is -1.85. The lowest BCUT2D eigenvalue weighted by Crippen LogP contribution is -1.92. The molecule has 0 aromatic carbocycles. The zero-order chi connectivity index (χ0) is 8.23. The number of aromatic nitrogens is 6. The summed E-state index contributed by atoms with van der Waals surface area (Å²) in [6.45, 7) is 0. The molecule has 0 aliphatic rings. The van der Waals surface area contributed by atoms with Crippen molar-refractivity contribution in [3.8, 4) is 0 Å². The van der Waals surface area contributed by atoms with Crippen molar-refractivity contribution in [3.05, 3.63) is 24.8 Å². The van der Waals surface area contributed by atoms with E-state index in [1.165, 1.54) is 22.0 Å². The smallest absolute Gasteiger partial charge is 0.0733 e. The predicted octanol–water partition coefficient (Wildman–Crippen LogP) is -0.452. The van der Waals surface area contributed by atoms with E-state index in [1.54, 1.807) is 12.4 Å². The van der Waals surface area contributed by atoms with Gasteiger partial charge in [0.1, 0.15) is 0 Å².